The van der Waals surface area contributed by atoms with Gasteiger partial charge in [0.2, 0.25) is 0 Å². The number of nitrogens with two attached hydrogens (primary N) is 1. The fraction of sp³-hybridized carbons (Fsp3) is 0.600. The number of nitrogens with zero attached hydrogens (tertiary/aromatic N) is 2. The maximum absolute atomic E-state index is 5.68. The Bertz CT molecular complexity index is 322. The molecular formula is C10H16N4. The Morgan fingerprint density at radius 2 is 2.36 bits per heavy atom. The topological polar surface area (TPSA) is 63.8 Å². The second-order valence-corrected chi connectivity index (χ2v) is 3.86. The molecule has 0 bridgehead atoms. The lowest BCUT2D eigenvalue weighted by Crippen LogP contribution is -2.26. The zero-order chi connectivity index (χ0) is 9.97. The molecule has 4 nitrogen and oxygen atoms in total. The molecule has 1 unspecified atom stereocenters. The van der Waals surface area contributed by atoms with Crippen molar-refractivity contribution in [1.82, 2.24) is 9.97 Å². The van der Waals surface area contributed by atoms with Gasteiger partial charge in [0.25, 0.3) is 0 Å². The molecule has 2 rings (SSSR count). The van der Waals surface area contributed by atoms with Gasteiger partial charge in [0.05, 0.1) is 0 Å². The molecule has 3 N–H and O–H groups in total. The van der Waals surface area contributed by atoms with Crippen LogP contribution in [0.3, 0.4) is 0 Å². The van der Waals surface area contributed by atoms with Gasteiger partial charge in [-0.25, -0.2) is 9.97 Å². The molecule has 0 saturated carbocycles. The van der Waals surface area contributed by atoms with Crippen molar-refractivity contribution < 1.29 is 0 Å². The smallest absolute Gasteiger partial charge is 0.132 e. The van der Waals surface area contributed by atoms with E-state index in [-0.39, 0.29) is 6.04 Å². The highest BCUT2D eigenvalue weighted by Crippen LogP contribution is 2.24. The van der Waals surface area contributed by atoms with Crippen LogP contribution in [0.5, 0.6) is 0 Å². The van der Waals surface area contributed by atoms with E-state index in [0.717, 1.165) is 25.2 Å². The minimum atomic E-state index is 0.155. The second-order valence-electron chi connectivity index (χ2n) is 3.86. The fourth-order valence-electron chi connectivity index (χ4n) is 1.77. The van der Waals surface area contributed by atoms with Crippen molar-refractivity contribution in [2.75, 3.05) is 11.9 Å². The molecule has 0 aliphatic heterocycles. The maximum atomic E-state index is 5.68. The standard InChI is InChI=1S/C10H16N4/c1-7(11)5-12-10-8-3-2-4-9(8)13-6-14-10/h6-7H,2-5,11H2,1H3,(H,12,13,14). The van der Waals surface area contributed by atoms with E-state index in [4.69, 9.17) is 5.73 Å². The van der Waals surface area contributed by atoms with Crippen LogP contribution < -0.4 is 11.1 Å². The molecule has 76 valence electrons. The SMILES string of the molecule is CC(N)CNc1ncnc2c1CCC2. The van der Waals surface area contributed by atoms with Crippen molar-refractivity contribution in [3.63, 3.8) is 0 Å². The zero-order valence-corrected chi connectivity index (χ0v) is 8.45. The summed E-state index contributed by atoms with van der Waals surface area (Å²) in [6.45, 7) is 2.75. The van der Waals surface area contributed by atoms with Gasteiger partial charge < -0.3 is 11.1 Å². The first-order valence-electron chi connectivity index (χ1n) is 5.09. The highest BCUT2D eigenvalue weighted by molar-refractivity contribution is 5.47. The Labute approximate surface area is 83.9 Å². The summed E-state index contributed by atoms with van der Waals surface area (Å²) in [6, 6.07) is 0.155. The van der Waals surface area contributed by atoms with Crippen LogP contribution in [-0.4, -0.2) is 22.6 Å². The zero-order valence-electron chi connectivity index (χ0n) is 8.45. The molecule has 1 heterocycles. The number of anilines is 1. The highest BCUT2D eigenvalue weighted by Gasteiger charge is 2.16. The van der Waals surface area contributed by atoms with Crippen LogP contribution in [-0.2, 0) is 12.8 Å². The number of hydrogen-bond donors (Lipinski definition) is 2. The average Bonchev–Trinajstić information content (AvgIpc) is 2.62. The van der Waals surface area contributed by atoms with Crippen LogP contribution in [0.2, 0.25) is 0 Å². The quantitative estimate of drug-likeness (QED) is 0.741. The molecule has 1 aliphatic rings. The number of aryl methyl sites for hydroxylation is 1. The van der Waals surface area contributed by atoms with Crippen LogP contribution in [0.25, 0.3) is 0 Å². The van der Waals surface area contributed by atoms with Crippen molar-refractivity contribution >= 4 is 5.82 Å². The Kier molecular flexibility index (Phi) is 2.63. The number of fused-ring (bicyclic) bond motifs is 1. The molecule has 14 heavy (non-hydrogen) atoms. The number of hydrogen-bond acceptors (Lipinski definition) is 4. The summed E-state index contributed by atoms with van der Waals surface area (Å²) < 4.78 is 0. The lowest BCUT2D eigenvalue weighted by molar-refractivity contribution is 0.775. The van der Waals surface area contributed by atoms with E-state index >= 15 is 0 Å². The van der Waals surface area contributed by atoms with Crippen LogP contribution in [0.1, 0.15) is 24.6 Å². The Hall–Kier alpha value is -1.16. The van der Waals surface area contributed by atoms with Crippen LogP contribution in [0.4, 0.5) is 5.82 Å². The summed E-state index contributed by atoms with van der Waals surface area (Å²) in [5.41, 5.74) is 8.17. The minimum absolute atomic E-state index is 0.155. The van der Waals surface area contributed by atoms with Gasteiger partial charge in [-0.1, -0.05) is 0 Å². The van der Waals surface area contributed by atoms with Gasteiger partial charge in [-0.2, -0.15) is 0 Å². The summed E-state index contributed by atoms with van der Waals surface area (Å²) in [5.74, 6) is 0.977. The molecule has 0 radical (unpaired) electrons. The van der Waals surface area contributed by atoms with E-state index < -0.39 is 0 Å². The number of rotatable bonds is 3. The Morgan fingerprint density at radius 3 is 3.14 bits per heavy atom. The summed E-state index contributed by atoms with van der Waals surface area (Å²) in [5, 5.41) is 3.27. The van der Waals surface area contributed by atoms with E-state index in [9.17, 15) is 0 Å². The minimum Gasteiger partial charge on any atom is -0.368 e. The first-order chi connectivity index (χ1) is 6.77. The molecule has 1 aromatic heterocycles. The third-order valence-corrected chi connectivity index (χ3v) is 2.47. The van der Waals surface area contributed by atoms with E-state index in [1.54, 1.807) is 6.33 Å². The molecule has 0 amide bonds. The van der Waals surface area contributed by atoms with Crippen molar-refractivity contribution in [1.29, 1.82) is 0 Å². The monoisotopic (exact) mass is 192 g/mol. The summed E-state index contributed by atoms with van der Waals surface area (Å²) in [7, 11) is 0. The fourth-order valence-corrected chi connectivity index (χ4v) is 1.77. The summed E-state index contributed by atoms with van der Waals surface area (Å²) >= 11 is 0. The van der Waals surface area contributed by atoms with Crippen LogP contribution in [0, 0.1) is 0 Å². The van der Waals surface area contributed by atoms with E-state index in [2.05, 4.69) is 15.3 Å². The molecule has 0 fully saturated rings. The van der Waals surface area contributed by atoms with Gasteiger partial charge in [0.15, 0.2) is 0 Å². The van der Waals surface area contributed by atoms with E-state index in [1.807, 2.05) is 6.92 Å². The first kappa shape index (κ1) is 9.40. The third kappa shape index (κ3) is 1.85. The van der Waals surface area contributed by atoms with Gasteiger partial charge >= 0.3 is 0 Å². The van der Waals surface area contributed by atoms with Crippen molar-refractivity contribution in [2.24, 2.45) is 5.73 Å². The largest absolute Gasteiger partial charge is 0.368 e. The highest BCUT2D eigenvalue weighted by atomic mass is 15.0. The van der Waals surface area contributed by atoms with Crippen molar-refractivity contribution in [3.8, 4) is 0 Å². The van der Waals surface area contributed by atoms with Crippen LogP contribution in [0.15, 0.2) is 6.33 Å². The number of aromatic nitrogens is 2. The molecule has 1 atom stereocenters. The van der Waals surface area contributed by atoms with Crippen molar-refractivity contribution in [2.45, 2.75) is 32.2 Å². The molecule has 1 aliphatic carbocycles. The van der Waals surface area contributed by atoms with E-state index in [0.29, 0.717) is 0 Å². The Morgan fingerprint density at radius 1 is 1.50 bits per heavy atom. The molecule has 0 spiro atoms. The average molecular weight is 192 g/mol. The maximum Gasteiger partial charge on any atom is 0.132 e. The van der Waals surface area contributed by atoms with Crippen molar-refractivity contribution in [3.05, 3.63) is 17.6 Å². The summed E-state index contributed by atoms with van der Waals surface area (Å²) in [6.07, 6.45) is 5.01. The predicted molar refractivity (Wildman–Crippen MR) is 56.2 cm³/mol. The molecule has 0 saturated heterocycles. The summed E-state index contributed by atoms with van der Waals surface area (Å²) in [4.78, 5) is 8.51. The molecule has 1 aromatic rings. The number of nitrogens with one attached hydrogen (secondary N) is 1. The van der Waals surface area contributed by atoms with Gasteiger partial charge in [-0.15, -0.1) is 0 Å². The van der Waals surface area contributed by atoms with Gasteiger partial charge in [0.1, 0.15) is 12.1 Å². The third-order valence-electron chi connectivity index (χ3n) is 2.47. The molecule has 0 aromatic carbocycles. The first-order valence-corrected chi connectivity index (χ1v) is 5.09. The van der Waals surface area contributed by atoms with Crippen LogP contribution >= 0.6 is 0 Å². The lowest BCUT2D eigenvalue weighted by Gasteiger charge is -2.11. The Balaban J connectivity index is 2.14. The lowest BCUT2D eigenvalue weighted by atomic mass is 10.2. The van der Waals surface area contributed by atoms with E-state index in [1.165, 1.54) is 17.7 Å². The van der Waals surface area contributed by atoms with Gasteiger partial charge in [-0.05, 0) is 26.2 Å². The normalized spacial score (nSPS) is 16.4. The van der Waals surface area contributed by atoms with Gasteiger partial charge in [0, 0.05) is 23.8 Å². The molecule has 4 heteroatoms. The second kappa shape index (κ2) is 3.92. The van der Waals surface area contributed by atoms with Gasteiger partial charge in [-0.3, -0.25) is 0 Å². The molecular weight excluding hydrogens is 176 g/mol. The predicted octanol–water partition coefficient (Wildman–Crippen LogP) is 0.724.